The molecule has 94 valence electrons. The molecule has 0 amide bonds. The van der Waals surface area contributed by atoms with Crippen LogP contribution in [0.5, 0.6) is 0 Å². The van der Waals surface area contributed by atoms with Gasteiger partial charge in [-0.25, -0.2) is 13.1 Å². The maximum Gasteiger partial charge on any atom is 0.211 e. The minimum Gasteiger partial charge on any atom is -0.389 e. The molecule has 5 heteroatoms. The summed E-state index contributed by atoms with van der Waals surface area (Å²) in [6.45, 7) is 0.196. The number of hydrogen-bond acceptors (Lipinski definition) is 3. The maximum atomic E-state index is 11.8. The van der Waals surface area contributed by atoms with Crippen molar-refractivity contribution >= 4 is 10.0 Å². The lowest BCUT2D eigenvalue weighted by Crippen LogP contribution is -2.48. The molecule has 4 nitrogen and oxygen atoms in total. The van der Waals surface area contributed by atoms with Crippen molar-refractivity contribution in [2.45, 2.75) is 50.5 Å². The Kier molecular flexibility index (Phi) is 3.56. The van der Waals surface area contributed by atoms with Gasteiger partial charge in [0.05, 0.1) is 11.4 Å². The van der Waals surface area contributed by atoms with E-state index in [1.54, 1.807) is 0 Å². The third-order valence-electron chi connectivity index (χ3n) is 3.84. The average molecular weight is 247 g/mol. The first-order chi connectivity index (χ1) is 7.49. The van der Waals surface area contributed by atoms with E-state index >= 15 is 0 Å². The van der Waals surface area contributed by atoms with Gasteiger partial charge in [-0.1, -0.05) is 12.8 Å². The van der Waals surface area contributed by atoms with Crippen LogP contribution in [-0.4, -0.2) is 31.4 Å². The van der Waals surface area contributed by atoms with E-state index in [-0.39, 0.29) is 12.3 Å². The molecule has 0 aromatic carbocycles. The lowest BCUT2D eigenvalue weighted by Gasteiger charge is -2.36. The summed E-state index contributed by atoms with van der Waals surface area (Å²) in [5.74, 6) is 0.567. The van der Waals surface area contributed by atoms with E-state index in [9.17, 15) is 13.5 Å². The molecule has 0 atom stereocenters. The quantitative estimate of drug-likeness (QED) is 0.762. The number of nitrogens with one attached hydrogen (secondary N) is 1. The van der Waals surface area contributed by atoms with E-state index in [2.05, 4.69) is 4.72 Å². The van der Waals surface area contributed by atoms with Crippen molar-refractivity contribution in [1.82, 2.24) is 4.72 Å². The molecule has 2 N–H and O–H groups in total. The molecule has 0 spiro atoms. The summed E-state index contributed by atoms with van der Waals surface area (Å²) in [5, 5.41) is 9.81. The van der Waals surface area contributed by atoms with Crippen LogP contribution in [-0.2, 0) is 10.0 Å². The Labute approximate surface area is 97.5 Å². The minimum atomic E-state index is -3.18. The van der Waals surface area contributed by atoms with E-state index in [1.165, 1.54) is 0 Å². The van der Waals surface area contributed by atoms with Crippen LogP contribution in [0.3, 0.4) is 0 Å². The van der Waals surface area contributed by atoms with Crippen LogP contribution in [0.2, 0.25) is 0 Å². The van der Waals surface area contributed by atoms with Gasteiger partial charge in [0.1, 0.15) is 0 Å². The van der Waals surface area contributed by atoms with Crippen LogP contribution in [0, 0.1) is 5.92 Å². The maximum absolute atomic E-state index is 11.8. The number of rotatable bonds is 5. The molecule has 0 radical (unpaired) electrons. The molecule has 0 aromatic rings. The molecule has 0 bridgehead atoms. The number of aliphatic hydroxyl groups is 1. The van der Waals surface area contributed by atoms with Gasteiger partial charge in [-0.2, -0.15) is 0 Å². The molecule has 2 rings (SSSR count). The highest BCUT2D eigenvalue weighted by atomic mass is 32.2. The third kappa shape index (κ3) is 3.18. The molecule has 2 aliphatic carbocycles. The fourth-order valence-corrected chi connectivity index (χ4v) is 4.11. The van der Waals surface area contributed by atoms with Crippen molar-refractivity contribution in [3.05, 3.63) is 0 Å². The van der Waals surface area contributed by atoms with Crippen LogP contribution < -0.4 is 4.72 Å². The van der Waals surface area contributed by atoms with Gasteiger partial charge in [0.25, 0.3) is 0 Å². The lowest BCUT2D eigenvalue weighted by atomic mass is 9.81. The summed E-state index contributed by atoms with van der Waals surface area (Å²) in [6, 6.07) is 0. The first-order valence-corrected chi connectivity index (χ1v) is 7.84. The van der Waals surface area contributed by atoms with Crippen LogP contribution in [0.25, 0.3) is 0 Å². The molecule has 2 saturated carbocycles. The average Bonchev–Trinajstić information content (AvgIpc) is 2.63. The minimum absolute atomic E-state index is 0.196. The zero-order chi connectivity index (χ0) is 11.6. The van der Waals surface area contributed by atoms with E-state index in [4.69, 9.17) is 0 Å². The summed E-state index contributed by atoms with van der Waals surface area (Å²) >= 11 is 0. The second-order valence-corrected chi connectivity index (χ2v) is 7.18. The Morgan fingerprint density at radius 3 is 2.31 bits per heavy atom. The van der Waals surface area contributed by atoms with E-state index in [1.807, 2.05) is 0 Å². The highest BCUT2D eigenvalue weighted by Crippen LogP contribution is 2.31. The molecule has 0 aromatic heterocycles. The van der Waals surface area contributed by atoms with Crippen molar-refractivity contribution in [2.24, 2.45) is 5.92 Å². The summed E-state index contributed by atoms with van der Waals surface area (Å²) < 4.78 is 26.1. The highest BCUT2D eigenvalue weighted by Gasteiger charge is 2.35. The van der Waals surface area contributed by atoms with Crippen LogP contribution in [0.1, 0.15) is 44.9 Å². The molecular formula is C11H21NO3S. The summed E-state index contributed by atoms with van der Waals surface area (Å²) in [5.41, 5.74) is -0.761. The molecule has 2 fully saturated rings. The monoisotopic (exact) mass is 247 g/mol. The van der Waals surface area contributed by atoms with Gasteiger partial charge >= 0.3 is 0 Å². The topological polar surface area (TPSA) is 66.4 Å². The predicted octanol–water partition coefficient (Wildman–Crippen LogP) is 1.01. The largest absolute Gasteiger partial charge is 0.389 e. The molecule has 0 unspecified atom stereocenters. The fraction of sp³-hybridized carbons (Fsp3) is 1.00. The second kappa shape index (κ2) is 4.63. The first kappa shape index (κ1) is 12.3. The Morgan fingerprint density at radius 1 is 1.19 bits per heavy atom. The SMILES string of the molecule is O=S(=O)(CC1CCCC1)NCC1(O)CCC1. The van der Waals surface area contributed by atoms with Gasteiger partial charge in [-0.15, -0.1) is 0 Å². The van der Waals surface area contributed by atoms with Gasteiger partial charge in [0.2, 0.25) is 10.0 Å². The molecule has 0 aliphatic heterocycles. The van der Waals surface area contributed by atoms with Gasteiger partial charge in [-0.3, -0.25) is 0 Å². The van der Waals surface area contributed by atoms with Crippen LogP contribution in [0.15, 0.2) is 0 Å². The van der Waals surface area contributed by atoms with Crippen molar-refractivity contribution < 1.29 is 13.5 Å². The second-order valence-electron chi connectivity index (χ2n) is 5.33. The smallest absolute Gasteiger partial charge is 0.211 e. The molecule has 0 heterocycles. The number of sulfonamides is 1. The van der Waals surface area contributed by atoms with Gasteiger partial charge in [0.15, 0.2) is 0 Å². The van der Waals surface area contributed by atoms with E-state index in [0.29, 0.717) is 5.92 Å². The van der Waals surface area contributed by atoms with Crippen molar-refractivity contribution in [3.8, 4) is 0 Å². The van der Waals surface area contributed by atoms with Crippen LogP contribution in [0.4, 0.5) is 0 Å². The first-order valence-electron chi connectivity index (χ1n) is 6.19. The van der Waals surface area contributed by atoms with Gasteiger partial charge in [-0.05, 0) is 38.0 Å². The fourth-order valence-electron chi connectivity index (χ4n) is 2.55. The molecule has 2 aliphatic rings. The Morgan fingerprint density at radius 2 is 1.81 bits per heavy atom. The van der Waals surface area contributed by atoms with Gasteiger partial charge < -0.3 is 5.11 Å². The standard InChI is InChI=1S/C11H21NO3S/c13-11(6-3-7-11)9-12-16(14,15)8-10-4-1-2-5-10/h10,12-13H,1-9H2. The predicted molar refractivity (Wildman–Crippen MR) is 62.5 cm³/mol. The summed E-state index contributed by atoms with van der Waals surface area (Å²) in [7, 11) is -3.18. The Bertz CT molecular complexity index is 329. The molecular weight excluding hydrogens is 226 g/mol. The zero-order valence-electron chi connectivity index (χ0n) is 9.61. The van der Waals surface area contributed by atoms with Crippen LogP contribution >= 0.6 is 0 Å². The van der Waals surface area contributed by atoms with Crippen molar-refractivity contribution in [3.63, 3.8) is 0 Å². The number of hydrogen-bond donors (Lipinski definition) is 2. The Hall–Kier alpha value is -0.130. The zero-order valence-corrected chi connectivity index (χ0v) is 10.4. The third-order valence-corrected chi connectivity index (χ3v) is 5.33. The molecule has 0 saturated heterocycles. The van der Waals surface area contributed by atoms with Crippen molar-refractivity contribution in [2.75, 3.05) is 12.3 Å². The molecule has 16 heavy (non-hydrogen) atoms. The summed E-state index contributed by atoms with van der Waals surface area (Å²) in [4.78, 5) is 0. The van der Waals surface area contributed by atoms with E-state index < -0.39 is 15.6 Å². The van der Waals surface area contributed by atoms with Crippen molar-refractivity contribution in [1.29, 1.82) is 0 Å². The highest BCUT2D eigenvalue weighted by molar-refractivity contribution is 7.89. The Balaban J connectivity index is 1.78. The summed E-state index contributed by atoms with van der Waals surface area (Å²) in [6.07, 6.45) is 6.82. The lowest BCUT2D eigenvalue weighted by molar-refractivity contribution is -0.0271. The van der Waals surface area contributed by atoms with Gasteiger partial charge in [0, 0.05) is 6.54 Å². The normalized spacial score (nSPS) is 25.6. The van der Waals surface area contributed by atoms with E-state index in [0.717, 1.165) is 44.9 Å².